The molecule has 0 N–H and O–H groups in total. The fourth-order valence-corrected chi connectivity index (χ4v) is 3.41. The van der Waals surface area contributed by atoms with Crippen LogP contribution in [-0.2, 0) is 6.42 Å². The average Bonchev–Trinajstić information content (AvgIpc) is 3.31. The van der Waals surface area contributed by atoms with Crippen molar-refractivity contribution in [2.45, 2.75) is 39.0 Å². The van der Waals surface area contributed by atoms with E-state index in [4.69, 9.17) is 0 Å². The van der Waals surface area contributed by atoms with Crippen LogP contribution < -0.4 is 0 Å². The van der Waals surface area contributed by atoms with Crippen molar-refractivity contribution in [3.8, 4) is 0 Å². The van der Waals surface area contributed by atoms with Crippen molar-refractivity contribution in [3.05, 3.63) is 21.9 Å². The van der Waals surface area contributed by atoms with Gasteiger partial charge in [-0.05, 0) is 56.1 Å². The lowest BCUT2D eigenvalue weighted by Crippen LogP contribution is -2.33. The molecule has 0 saturated heterocycles. The first-order valence-corrected chi connectivity index (χ1v) is 8.40. The number of rotatable bonds is 8. The van der Waals surface area contributed by atoms with Crippen molar-refractivity contribution in [3.63, 3.8) is 0 Å². The van der Waals surface area contributed by atoms with Gasteiger partial charge in [0.05, 0.1) is 11.4 Å². The zero-order valence-electron chi connectivity index (χ0n) is 11.7. The third-order valence-electron chi connectivity index (χ3n) is 4.08. The molecule has 0 aliphatic heterocycles. The number of Topliss-reactive ketones (excluding diaryl/α,β-unsaturated/α-hetero) is 1. The van der Waals surface area contributed by atoms with Gasteiger partial charge in [-0.2, -0.15) is 0 Å². The summed E-state index contributed by atoms with van der Waals surface area (Å²) in [4.78, 5) is 17.0. The van der Waals surface area contributed by atoms with E-state index in [1.807, 2.05) is 6.07 Å². The minimum Gasteiger partial charge on any atom is -0.295 e. The summed E-state index contributed by atoms with van der Waals surface area (Å²) in [6.07, 6.45) is 6.51. The van der Waals surface area contributed by atoms with Gasteiger partial charge in [0.15, 0.2) is 5.78 Å². The minimum atomic E-state index is 0.325. The average molecular weight is 277 g/mol. The Labute approximate surface area is 119 Å². The first kappa shape index (κ1) is 13.3. The van der Waals surface area contributed by atoms with E-state index in [1.165, 1.54) is 30.6 Å². The first-order chi connectivity index (χ1) is 9.24. The summed E-state index contributed by atoms with van der Waals surface area (Å²) in [7, 11) is 0. The van der Waals surface area contributed by atoms with Crippen molar-refractivity contribution in [2.24, 2.45) is 11.8 Å². The lowest BCUT2D eigenvalue weighted by Gasteiger charge is -2.20. The summed E-state index contributed by atoms with van der Waals surface area (Å²) in [6.45, 7) is 5.08. The van der Waals surface area contributed by atoms with Gasteiger partial charge >= 0.3 is 0 Å². The molecule has 0 aromatic carbocycles. The van der Waals surface area contributed by atoms with Gasteiger partial charge in [0, 0.05) is 18.0 Å². The second kappa shape index (κ2) is 5.76. The summed E-state index contributed by atoms with van der Waals surface area (Å²) < 4.78 is 0. The molecular formula is C16H23NOS. The molecule has 2 saturated carbocycles. The van der Waals surface area contributed by atoms with Crippen molar-refractivity contribution < 1.29 is 4.79 Å². The Bertz CT molecular complexity index is 431. The Balaban J connectivity index is 1.57. The normalized spacial score (nSPS) is 19.1. The molecule has 19 heavy (non-hydrogen) atoms. The zero-order chi connectivity index (χ0) is 13.2. The number of thiophene rings is 1. The van der Waals surface area contributed by atoms with Crippen LogP contribution in [0.5, 0.6) is 0 Å². The maximum absolute atomic E-state index is 12.4. The third kappa shape index (κ3) is 3.90. The van der Waals surface area contributed by atoms with Crippen molar-refractivity contribution >= 4 is 17.1 Å². The molecule has 0 atom stereocenters. The molecule has 2 aliphatic rings. The quantitative estimate of drug-likeness (QED) is 0.676. The summed E-state index contributed by atoms with van der Waals surface area (Å²) in [5.41, 5.74) is 0. The molecule has 0 amide bonds. The Kier molecular flexibility index (Phi) is 4.04. The van der Waals surface area contributed by atoms with Crippen LogP contribution in [0.15, 0.2) is 12.1 Å². The number of hydrogen-bond acceptors (Lipinski definition) is 3. The standard InChI is InChI=1S/C16H23NOS/c1-2-14-7-8-16(19-14)15(18)11-17(9-12-3-4-12)10-13-5-6-13/h7-8,12-13H,2-6,9-11H2,1H3. The second-order valence-electron chi connectivity index (χ2n) is 6.12. The molecule has 2 fully saturated rings. The molecule has 3 rings (SSSR count). The van der Waals surface area contributed by atoms with E-state index in [1.54, 1.807) is 11.3 Å². The topological polar surface area (TPSA) is 20.3 Å². The Hall–Kier alpha value is -0.670. The van der Waals surface area contributed by atoms with Gasteiger partial charge in [0.2, 0.25) is 0 Å². The predicted molar refractivity (Wildman–Crippen MR) is 79.9 cm³/mol. The molecule has 3 heteroatoms. The molecule has 0 bridgehead atoms. The second-order valence-corrected chi connectivity index (χ2v) is 7.29. The van der Waals surface area contributed by atoms with Crippen LogP contribution >= 0.6 is 11.3 Å². The van der Waals surface area contributed by atoms with Gasteiger partial charge < -0.3 is 0 Å². The SMILES string of the molecule is CCc1ccc(C(=O)CN(CC2CC2)CC2CC2)s1. The molecule has 1 aromatic heterocycles. The highest BCUT2D eigenvalue weighted by Crippen LogP contribution is 2.33. The summed E-state index contributed by atoms with van der Waals surface area (Å²) in [5.74, 6) is 2.08. The minimum absolute atomic E-state index is 0.325. The van der Waals surface area contributed by atoms with Gasteiger partial charge in [0.25, 0.3) is 0 Å². The van der Waals surface area contributed by atoms with Gasteiger partial charge in [-0.1, -0.05) is 6.92 Å². The molecule has 2 aliphatic carbocycles. The summed E-state index contributed by atoms with van der Waals surface area (Å²) in [6, 6.07) is 4.11. The van der Waals surface area contributed by atoms with E-state index in [-0.39, 0.29) is 0 Å². The molecule has 2 nitrogen and oxygen atoms in total. The van der Waals surface area contributed by atoms with E-state index in [2.05, 4.69) is 17.9 Å². The molecule has 1 aromatic rings. The van der Waals surface area contributed by atoms with Crippen molar-refractivity contribution in [1.29, 1.82) is 0 Å². The van der Waals surface area contributed by atoms with Crippen LogP contribution in [0.1, 0.15) is 47.2 Å². The van der Waals surface area contributed by atoms with E-state index in [0.717, 1.165) is 36.2 Å². The Morgan fingerprint density at radius 3 is 2.32 bits per heavy atom. The molecule has 0 radical (unpaired) electrons. The zero-order valence-corrected chi connectivity index (χ0v) is 12.5. The number of nitrogens with zero attached hydrogens (tertiary/aromatic N) is 1. The Morgan fingerprint density at radius 1 is 1.21 bits per heavy atom. The van der Waals surface area contributed by atoms with Gasteiger partial charge in [-0.3, -0.25) is 9.69 Å². The fraction of sp³-hybridized carbons (Fsp3) is 0.688. The first-order valence-electron chi connectivity index (χ1n) is 7.59. The smallest absolute Gasteiger partial charge is 0.186 e. The molecule has 0 unspecified atom stereocenters. The molecular weight excluding hydrogens is 254 g/mol. The maximum Gasteiger partial charge on any atom is 0.186 e. The highest BCUT2D eigenvalue weighted by atomic mass is 32.1. The van der Waals surface area contributed by atoms with Crippen LogP contribution in [-0.4, -0.2) is 30.3 Å². The number of aryl methyl sites for hydroxylation is 1. The predicted octanol–water partition coefficient (Wildman–Crippen LogP) is 3.62. The van der Waals surface area contributed by atoms with E-state index < -0.39 is 0 Å². The van der Waals surface area contributed by atoms with Crippen molar-refractivity contribution in [1.82, 2.24) is 4.90 Å². The summed E-state index contributed by atoms with van der Waals surface area (Å²) in [5, 5.41) is 0. The molecule has 104 valence electrons. The Morgan fingerprint density at radius 2 is 1.84 bits per heavy atom. The van der Waals surface area contributed by atoms with Crippen LogP contribution in [0.4, 0.5) is 0 Å². The van der Waals surface area contributed by atoms with Crippen LogP contribution in [0.25, 0.3) is 0 Å². The number of carbonyl (C=O) groups is 1. The lowest BCUT2D eigenvalue weighted by atomic mass is 10.2. The highest BCUT2D eigenvalue weighted by Gasteiger charge is 2.30. The van der Waals surface area contributed by atoms with E-state index in [9.17, 15) is 4.79 Å². The van der Waals surface area contributed by atoms with Crippen LogP contribution in [0.2, 0.25) is 0 Å². The van der Waals surface area contributed by atoms with Gasteiger partial charge in [-0.15, -0.1) is 11.3 Å². The highest BCUT2D eigenvalue weighted by molar-refractivity contribution is 7.14. The molecule has 1 heterocycles. The monoisotopic (exact) mass is 277 g/mol. The molecule has 0 spiro atoms. The van der Waals surface area contributed by atoms with E-state index in [0.29, 0.717) is 12.3 Å². The van der Waals surface area contributed by atoms with Gasteiger partial charge in [-0.25, -0.2) is 0 Å². The number of carbonyl (C=O) groups excluding carboxylic acids is 1. The maximum atomic E-state index is 12.4. The lowest BCUT2D eigenvalue weighted by molar-refractivity contribution is 0.0928. The van der Waals surface area contributed by atoms with E-state index >= 15 is 0 Å². The fourth-order valence-electron chi connectivity index (χ4n) is 2.53. The van der Waals surface area contributed by atoms with Crippen LogP contribution in [0, 0.1) is 11.8 Å². The van der Waals surface area contributed by atoms with Crippen LogP contribution in [0.3, 0.4) is 0 Å². The third-order valence-corrected chi connectivity index (χ3v) is 5.35. The number of hydrogen-bond donors (Lipinski definition) is 0. The summed E-state index contributed by atoms with van der Waals surface area (Å²) >= 11 is 1.68. The number of ketones is 1. The van der Waals surface area contributed by atoms with Crippen molar-refractivity contribution in [2.75, 3.05) is 19.6 Å². The van der Waals surface area contributed by atoms with Gasteiger partial charge in [0.1, 0.15) is 0 Å². The largest absolute Gasteiger partial charge is 0.295 e.